The molecule has 3 aromatic rings. The Hall–Kier alpha value is -4.55. The van der Waals surface area contributed by atoms with Gasteiger partial charge in [-0.1, -0.05) is 0 Å². The zero-order valence-corrected chi connectivity index (χ0v) is 16.5. The zero-order chi connectivity index (χ0) is 23.3. The number of hydrogen-bond acceptors (Lipinski definition) is 9. The second-order valence-electron chi connectivity index (χ2n) is 6.71. The number of hydrogen-bond donors (Lipinski definition) is 6. The highest BCUT2D eigenvalue weighted by atomic mass is 16.4. The number of nitrogens with zero attached hydrogens (tertiary/aromatic N) is 3. The Morgan fingerprint density at radius 2 is 1.84 bits per heavy atom. The van der Waals surface area contributed by atoms with E-state index in [1.165, 1.54) is 18.3 Å². The van der Waals surface area contributed by atoms with Crippen molar-refractivity contribution in [3.63, 3.8) is 0 Å². The van der Waals surface area contributed by atoms with Crippen molar-refractivity contribution in [2.24, 2.45) is 0 Å². The van der Waals surface area contributed by atoms with Gasteiger partial charge in [0.25, 0.3) is 11.5 Å². The van der Waals surface area contributed by atoms with Gasteiger partial charge in [0.05, 0.1) is 18.4 Å². The fourth-order valence-electron chi connectivity index (χ4n) is 2.75. The summed E-state index contributed by atoms with van der Waals surface area (Å²) >= 11 is 0. The van der Waals surface area contributed by atoms with Crippen molar-refractivity contribution in [2.45, 2.75) is 25.4 Å². The van der Waals surface area contributed by atoms with E-state index in [2.05, 4.69) is 30.6 Å². The highest BCUT2D eigenvalue weighted by Crippen LogP contribution is 2.12. The minimum Gasteiger partial charge on any atom is -0.481 e. The average molecular weight is 447 g/mol. The van der Waals surface area contributed by atoms with Crippen LogP contribution < -0.4 is 21.9 Å². The van der Waals surface area contributed by atoms with Crippen molar-refractivity contribution in [1.82, 2.24) is 25.3 Å². The number of fused-ring (bicyclic) bond motifs is 1. The molecule has 13 heteroatoms. The molecule has 13 nitrogen and oxygen atoms in total. The number of carboxylic acids is 2. The number of nitrogens with one attached hydrogen (secondary N) is 3. The minimum atomic E-state index is -1.31. The molecule has 1 amide bonds. The fourth-order valence-corrected chi connectivity index (χ4v) is 2.75. The number of carboxylic acid groups (broad SMARTS) is 2. The third kappa shape index (κ3) is 5.53. The van der Waals surface area contributed by atoms with E-state index in [0.717, 1.165) is 0 Å². The molecule has 0 saturated carbocycles. The molecule has 0 radical (unpaired) electrons. The first-order valence-electron chi connectivity index (χ1n) is 9.33. The van der Waals surface area contributed by atoms with E-state index in [4.69, 9.17) is 15.9 Å². The Kier molecular flexibility index (Phi) is 6.58. The number of nitrogen functional groups attached to an aromatic ring is 1. The van der Waals surface area contributed by atoms with E-state index in [1.54, 1.807) is 12.1 Å². The summed E-state index contributed by atoms with van der Waals surface area (Å²) in [7, 11) is 0. The molecule has 0 aliphatic carbocycles. The molecular weight excluding hydrogens is 428 g/mol. The summed E-state index contributed by atoms with van der Waals surface area (Å²) in [5.41, 5.74) is 6.47. The third-order valence-electron chi connectivity index (χ3n) is 4.36. The van der Waals surface area contributed by atoms with Gasteiger partial charge in [0.15, 0.2) is 11.2 Å². The number of benzene rings is 1. The summed E-state index contributed by atoms with van der Waals surface area (Å²) < 4.78 is 0. The van der Waals surface area contributed by atoms with Crippen LogP contribution in [0.4, 0.5) is 11.6 Å². The maximum absolute atomic E-state index is 12.3. The number of aromatic nitrogens is 4. The molecule has 0 aliphatic rings. The van der Waals surface area contributed by atoms with Crippen molar-refractivity contribution >= 4 is 40.6 Å². The van der Waals surface area contributed by atoms with Gasteiger partial charge < -0.3 is 26.6 Å². The smallest absolute Gasteiger partial charge is 0.326 e. The van der Waals surface area contributed by atoms with Gasteiger partial charge in [-0.2, -0.15) is 4.98 Å². The largest absolute Gasteiger partial charge is 0.481 e. The molecule has 1 atom stereocenters. The Balaban J connectivity index is 1.62. The number of carbonyl (C=O) groups excluding carboxylic acids is 1. The van der Waals surface area contributed by atoms with E-state index in [0.29, 0.717) is 11.4 Å². The van der Waals surface area contributed by atoms with Crippen molar-refractivity contribution in [2.75, 3.05) is 11.1 Å². The normalized spacial score (nSPS) is 11.6. The number of aromatic amines is 1. The maximum Gasteiger partial charge on any atom is 0.326 e. The number of anilines is 2. The number of rotatable bonds is 9. The molecular formula is C19H19N7O6. The quantitative estimate of drug-likeness (QED) is 0.256. The molecule has 0 bridgehead atoms. The highest BCUT2D eigenvalue weighted by Gasteiger charge is 2.21. The third-order valence-corrected chi connectivity index (χ3v) is 4.36. The van der Waals surface area contributed by atoms with E-state index in [9.17, 15) is 19.2 Å². The van der Waals surface area contributed by atoms with Crippen molar-refractivity contribution in [3.05, 3.63) is 52.1 Å². The van der Waals surface area contributed by atoms with Crippen LogP contribution in [0.3, 0.4) is 0 Å². The lowest BCUT2D eigenvalue weighted by Crippen LogP contribution is -2.41. The SMILES string of the molecule is Nc1nc2ncc(CN[13c]3[13cH][13cH][13c](C(=O)NC(CCC(=O)O)C(=O)O)[13cH][13cH]3)nc2c(=O)[nH]1. The van der Waals surface area contributed by atoms with E-state index in [-0.39, 0.29) is 42.1 Å². The van der Waals surface area contributed by atoms with Crippen LogP contribution in [0.5, 0.6) is 0 Å². The van der Waals surface area contributed by atoms with Gasteiger partial charge in [0.1, 0.15) is 6.04 Å². The molecule has 2 heterocycles. The first kappa shape index (κ1) is 22.1. The maximum atomic E-state index is 12.3. The second kappa shape index (κ2) is 9.51. The first-order valence-corrected chi connectivity index (χ1v) is 9.33. The molecule has 0 saturated heterocycles. The molecule has 166 valence electrons. The van der Waals surface area contributed by atoms with Crippen LogP contribution in [0.25, 0.3) is 11.2 Å². The van der Waals surface area contributed by atoms with Gasteiger partial charge in [-0.3, -0.25) is 19.4 Å². The molecule has 2 aromatic heterocycles. The average Bonchev–Trinajstić information content (AvgIpc) is 2.75. The summed E-state index contributed by atoms with van der Waals surface area (Å²) in [6.07, 6.45) is 0.840. The van der Waals surface area contributed by atoms with Gasteiger partial charge >= 0.3 is 11.9 Å². The van der Waals surface area contributed by atoms with E-state index in [1.807, 2.05) is 0 Å². The summed E-state index contributed by atoms with van der Waals surface area (Å²) in [6, 6.07) is 4.86. The lowest BCUT2D eigenvalue weighted by molar-refractivity contribution is -0.140. The first-order chi connectivity index (χ1) is 15.2. The van der Waals surface area contributed by atoms with E-state index >= 15 is 0 Å². The van der Waals surface area contributed by atoms with Crippen molar-refractivity contribution < 1.29 is 24.6 Å². The second-order valence-corrected chi connectivity index (χ2v) is 6.71. The molecule has 0 aliphatic heterocycles. The van der Waals surface area contributed by atoms with Crippen LogP contribution in [-0.2, 0) is 16.1 Å². The Labute approximate surface area is 179 Å². The summed E-state index contributed by atoms with van der Waals surface area (Å²) in [5.74, 6) is -3.16. The lowest BCUT2D eigenvalue weighted by atomic mass is 10.1. The predicted octanol–water partition coefficient (Wildman–Crippen LogP) is -0.0448. The standard InChI is InChI=1S/C19H19N7O6/c20-19-25-15-14(17(30)26-19)23-11(8-22-15)7-21-10-3-1-9(2-4-10)16(29)24-12(18(31)32)5-6-13(27)28/h1-4,8,12,21H,5-7H2,(H,24,29)(H,27,28)(H,31,32)(H3,20,22,25,26,30)/i1+1,2+1,3+1,4+1,9+1,10+1. The lowest BCUT2D eigenvalue weighted by Gasteiger charge is -2.14. The van der Waals surface area contributed by atoms with Gasteiger partial charge in [-0.25, -0.2) is 14.8 Å². The molecule has 32 heavy (non-hydrogen) atoms. The highest BCUT2D eigenvalue weighted by molar-refractivity contribution is 5.96. The Morgan fingerprint density at radius 3 is 2.50 bits per heavy atom. The molecule has 0 fully saturated rings. The number of amides is 1. The Morgan fingerprint density at radius 1 is 1.12 bits per heavy atom. The van der Waals surface area contributed by atoms with Crippen LogP contribution in [0.2, 0.25) is 0 Å². The van der Waals surface area contributed by atoms with Crippen LogP contribution in [-0.4, -0.2) is 54.0 Å². The molecule has 0 spiro atoms. The number of H-pyrrole nitrogens is 1. The predicted molar refractivity (Wildman–Crippen MR) is 112 cm³/mol. The molecule has 1 aromatic carbocycles. The fraction of sp³-hybridized carbons (Fsp3) is 0.211. The summed E-state index contributed by atoms with van der Waals surface area (Å²) in [6.45, 7) is 0.231. The van der Waals surface area contributed by atoms with Crippen molar-refractivity contribution in [1.29, 1.82) is 0 Å². The topological polar surface area (TPSA) is 213 Å². The molecule has 3 rings (SSSR count). The Bertz CT molecular complexity index is 1230. The minimum absolute atomic E-state index is 0.0524. The van der Waals surface area contributed by atoms with E-state index < -0.39 is 29.4 Å². The number of carbonyl (C=O) groups is 3. The van der Waals surface area contributed by atoms with Gasteiger partial charge in [0, 0.05) is 17.7 Å². The van der Waals surface area contributed by atoms with Crippen molar-refractivity contribution in [3.8, 4) is 0 Å². The molecule has 7 N–H and O–H groups in total. The van der Waals surface area contributed by atoms with Gasteiger partial charge in [0.2, 0.25) is 5.95 Å². The van der Waals surface area contributed by atoms with Gasteiger partial charge in [-0.05, 0) is 30.7 Å². The van der Waals surface area contributed by atoms with Crippen LogP contribution in [0, 0.1) is 0 Å². The molecule has 1 unspecified atom stereocenters. The number of nitrogens with two attached hydrogens (primary N) is 1. The monoisotopic (exact) mass is 447 g/mol. The number of aliphatic carboxylic acids is 2. The summed E-state index contributed by atoms with van der Waals surface area (Å²) in [4.78, 5) is 60.6. The van der Waals surface area contributed by atoms with Crippen LogP contribution >= 0.6 is 0 Å². The van der Waals surface area contributed by atoms with Gasteiger partial charge in [-0.15, -0.1) is 0 Å². The van der Waals surface area contributed by atoms with Crippen LogP contribution in [0.1, 0.15) is 28.9 Å². The van der Waals surface area contributed by atoms with Crippen LogP contribution in [0.15, 0.2) is 35.3 Å². The zero-order valence-electron chi connectivity index (χ0n) is 16.5. The summed E-state index contributed by atoms with van der Waals surface area (Å²) in [5, 5.41) is 23.2.